The summed E-state index contributed by atoms with van der Waals surface area (Å²) < 4.78 is 25.2. The van der Waals surface area contributed by atoms with Gasteiger partial charge < -0.3 is 5.11 Å². The van der Waals surface area contributed by atoms with Crippen LogP contribution in [0.15, 0.2) is 18.2 Å². The maximum Gasteiger partial charge on any atom is 0.235 e. The maximum atomic E-state index is 13.3. The van der Waals surface area contributed by atoms with Crippen LogP contribution in [0.3, 0.4) is 0 Å². The van der Waals surface area contributed by atoms with Gasteiger partial charge in [-0.1, -0.05) is 29.3 Å². The fraction of sp³-hybridized carbons (Fsp3) is 0.333. The molecule has 1 atom stereocenters. The Kier molecular flexibility index (Phi) is 3.70. The summed E-state index contributed by atoms with van der Waals surface area (Å²) in [5.41, 5.74) is -0.0930. The zero-order chi connectivity index (χ0) is 10.8. The third-order valence-electron chi connectivity index (χ3n) is 1.79. The molecule has 0 aliphatic rings. The first-order valence-corrected chi connectivity index (χ1v) is 4.66. The molecular formula is C9H8Cl2F2O. The molecule has 0 aromatic heterocycles. The van der Waals surface area contributed by atoms with Gasteiger partial charge in [-0.3, -0.25) is 4.39 Å². The highest BCUT2D eigenvalue weighted by molar-refractivity contribution is 6.42. The smallest absolute Gasteiger partial charge is 0.235 e. The van der Waals surface area contributed by atoms with Crippen LogP contribution in [0.5, 0.6) is 0 Å². The summed E-state index contributed by atoms with van der Waals surface area (Å²) in [6.45, 7) is -0.951. The van der Waals surface area contributed by atoms with Crippen LogP contribution in [-0.2, 0) is 5.85 Å². The Morgan fingerprint density at radius 3 is 2.43 bits per heavy atom. The molecule has 1 nitrogen and oxygen atoms in total. The van der Waals surface area contributed by atoms with Crippen LogP contribution in [0.25, 0.3) is 0 Å². The lowest BCUT2D eigenvalue weighted by atomic mass is 10.1. The third kappa shape index (κ3) is 2.56. The highest BCUT2D eigenvalue weighted by Crippen LogP contribution is 2.31. The van der Waals surface area contributed by atoms with Crippen LogP contribution in [0.1, 0.15) is 12.0 Å². The fourth-order valence-corrected chi connectivity index (χ4v) is 1.30. The molecule has 1 unspecified atom stereocenters. The minimum absolute atomic E-state index is 0.0930. The fourth-order valence-electron chi connectivity index (χ4n) is 1.00. The Morgan fingerprint density at radius 1 is 1.29 bits per heavy atom. The number of benzene rings is 1. The molecule has 1 aromatic rings. The molecule has 14 heavy (non-hydrogen) atoms. The van der Waals surface area contributed by atoms with E-state index in [1.54, 1.807) is 0 Å². The largest absolute Gasteiger partial charge is 0.358 e. The van der Waals surface area contributed by atoms with E-state index in [-0.39, 0.29) is 15.6 Å². The van der Waals surface area contributed by atoms with E-state index in [9.17, 15) is 13.9 Å². The number of aliphatic hydroxyl groups is 1. The summed E-state index contributed by atoms with van der Waals surface area (Å²) in [5, 5.41) is 9.57. The van der Waals surface area contributed by atoms with Gasteiger partial charge in [0.1, 0.15) is 0 Å². The second-order valence-electron chi connectivity index (χ2n) is 2.83. The van der Waals surface area contributed by atoms with Gasteiger partial charge in [0.15, 0.2) is 0 Å². The summed E-state index contributed by atoms with van der Waals surface area (Å²) in [5.74, 6) is -2.69. The quantitative estimate of drug-likeness (QED) is 0.858. The number of halogens is 4. The van der Waals surface area contributed by atoms with Gasteiger partial charge in [0.2, 0.25) is 5.85 Å². The zero-order valence-corrected chi connectivity index (χ0v) is 8.62. The van der Waals surface area contributed by atoms with E-state index in [4.69, 9.17) is 23.2 Å². The molecule has 1 rings (SSSR count). The van der Waals surface area contributed by atoms with E-state index in [1.807, 2.05) is 0 Å². The first kappa shape index (κ1) is 11.7. The van der Waals surface area contributed by atoms with E-state index in [1.165, 1.54) is 18.2 Å². The van der Waals surface area contributed by atoms with E-state index in [0.29, 0.717) is 0 Å². The Balaban J connectivity index is 3.01. The second-order valence-corrected chi connectivity index (χ2v) is 3.64. The summed E-state index contributed by atoms with van der Waals surface area (Å²) in [7, 11) is 0. The van der Waals surface area contributed by atoms with Crippen LogP contribution in [-0.4, -0.2) is 11.8 Å². The topological polar surface area (TPSA) is 20.2 Å². The Morgan fingerprint density at radius 2 is 1.93 bits per heavy atom. The lowest BCUT2D eigenvalue weighted by molar-refractivity contribution is -0.105. The van der Waals surface area contributed by atoms with Crippen molar-refractivity contribution in [3.63, 3.8) is 0 Å². The lowest BCUT2D eigenvalue weighted by Gasteiger charge is -2.17. The van der Waals surface area contributed by atoms with Crippen LogP contribution in [0.4, 0.5) is 8.78 Å². The molecule has 0 fully saturated rings. The highest BCUT2D eigenvalue weighted by atomic mass is 35.5. The van der Waals surface area contributed by atoms with Crippen molar-refractivity contribution in [2.24, 2.45) is 0 Å². The maximum absolute atomic E-state index is 13.3. The molecule has 0 heterocycles. The van der Waals surface area contributed by atoms with E-state index in [2.05, 4.69) is 0 Å². The van der Waals surface area contributed by atoms with Crippen LogP contribution < -0.4 is 0 Å². The van der Waals surface area contributed by atoms with Crippen molar-refractivity contribution in [3.8, 4) is 0 Å². The molecule has 0 aliphatic heterocycles. The van der Waals surface area contributed by atoms with Gasteiger partial charge in [0, 0.05) is 12.0 Å². The Bertz CT molecular complexity index is 329. The predicted octanol–water partition coefficient (Wildman–Crippen LogP) is 3.47. The van der Waals surface area contributed by atoms with Gasteiger partial charge in [-0.15, -0.1) is 0 Å². The molecule has 0 aliphatic carbocycles. The number of rotatable bonds is 3. The van der Waals surface area contributed by atoms with Gasteiger partial charge in [-0.2, -0.15) is 0 Å². The molecule has 0 saturated carbocycles. The summed E-state index contributed by atoms with van der Waals surface area (Å²) in [6, 6.07) is 3.80. The van der Waals surface area contributed by atoms with Crippen molar-refractivity contribution in [1.29, 1.82) is 0 Å². The van der Waals surface area contributed by atoms with Crippen molar-refractivity contribution in [1.82, 2.24) is 0 Å². The molecule has 0 bridgehead atoms. The minimum atomic E-state index is -2.69. The van der Waals surface area contributed by atoms with Crippen molar-refractivity contribution < 1.29 is 13.9 Å². The second kappa shape index (κ2) is 4.43. The average Bonchev–Trinajstić information content (AvgIpc) is 2.09. The molecular weight excluding hydrogens is 233 g/mol. The molecule has 0 radical (unpaired) electrons. The van der Waals surface area contributed by atoms with Crippen molar-refractivity contribution >= 4 is 23.2 Å². The Labute approximate surface area is 90.3 Å². The molecule has 1 N–H and O–H groups in total. The van der Waals surface area contributed by atoms with Crippen LogP contribution >= 0.6 is 23.2 Å². The SMILES string of the molecule is OC(F)(CCF)c1ccc(Cl)c(Cl)c1. The molecule has 78 valence electrons. The van der Waals surface area contributed by atoms with Gasteiger partial charge in [0.05, 0.1) is 16.7 Å². The number of hydrogen-bond donors (Lipinski definition) is 1. The normalized spacial score (nSPS) is 15.2. The third-order valence-corrected chi connectivity index (χ3v) is 2.53. The number of alkyl halides is 2. The van der Waals surface area contributed by atoms with Crippen LogP contribution in [0, 0.1) is 0 Å². The standard InChI is InChI=1S/C9H8Cl2F2O/c10-7-2-1-6(5-8(7)11)9(13,14)3-4-12/h1-2,5,14H,3-4H2. The van der Waals surface area contributed by atoms with Crippen molar-refractivity contribution in [2.75, 3.05) is 6.67 Å². The first-order valence-electron chi connectivity index (χ1n) is 3.90. The Hall–Kier alpha value is -0.380. The average molecular weight is 241 g/mol. The molecule has 0 spiro atoms. The molecule has 0 amide bonds. The van der Waals surface area contributed by atoms with Gasteiger partial charge in [-0.05, 0) is 12.1 Å². The van der Waals surface area contributed by atoms with E-state index in [0.717, 1.165) is 0 Å². The summed E-state index contributed by atoms with van der Waals surface area (Å²) in [6.07, 6.45) is -0.620. The number of hydrogen-bond acceptors (Lipinski definition) is 1. The molecule has 0 saturated heterocycles. The first-order chi connectivity index (χ1) is 6.47. The zero-order valence-electron chi connectivity index (χ0n) is 7.11. The lowest BCUT2D eigenvalue weighted by Crippen LogP contribution is -2.19. The van der Waals surface area contributed by atoms with Gasteiger partial charge in [-0.25, -0.2) is 4.39 Å². The van der Waals surface area contributed by atoms with Crippen molar-refractivity contribution in [2.45, 2.75) is 12.3 Å². The highest BCUT2D eigenvalue weighted by Gasteiger charge is 2.28. The van der Waals surface area contributed by atoms with E-state index >= 15 is 0 Å². The summed E-state index contributed by atoms with van der Waals surface area (Å²) >= 11 is 11.2. The van der Waals surface area contributed by atoms with E-state index < -0.39 is 19.0 Å². The molecule has 5 heteroatoms. The van der Waals surface area contributed by atoms with Crippen molar-refractivity contribution in [3.05, 3.63) is 33.8 Å². The predicted molar refractivity (Wildman–Crippen MR) is 52.1 cm³/mol. The monoisotopic (exact) mass is 240 g/mol. The van der Waals surface area contributed by atoms with Gasteiger partial charge >= 0.3 is 0 Å². The van der Waals surface area contributed by atoms with Crippen LogP contribution in [0.2, 0.25) is 10.0 Å². The summed E-state index contributed by atoms with van der Waals surface area (Å²) in [4.78, 5) is 0. The minimum Gasteiger partial charge on any atom is -0.358 e. The molecule has 1 aromatic carbocycles. The van der Waals surface area contributed by atoms with Gasteiger partial charge in [0.25, 0.3) is 0 Å².